The van der Waals surface area contributed by atoms with Crippen LogP contribution in [0.25, 0.3) is 10.9 Å². The van der Waals surface area contributed by atoms with Gasteiger partial charge in [-0.25, -0.2) is 0 Å². The molecule has 126 valence electrons. The summed E-state index contributed by atoms with van der Waals surface area (Å²) in [7, 11) is 0. The Morgan fingerprint density at radius 1 is 1.35 bits per heavy atom. The van der Waals surface area contributed by atoms with E-state index in [1.807, 2.05) is 37.3 Å². The Kier molecular flexibility index (Phi) is 8.37. The van der Waals surface area contributed by atoms with E-state index in [1.54, 1.807) is 6.20 Å². The number of benzene rings is 1. The molecule has 0 aliphatic rings. The van der Waals surface area contributed by atoms with Crippen molar-refractivity contribution in [1.82, 2.24) is 10.3 Å². The number of nitrogens with two attached hydrogens (primary N) is 1. The van der Waals surface area contributed by atoms with Gasteiger partial charge in [-0.3, -0.25) is 9.78 Å². The van der Waals surface area contributed by atoms with Crippen molar-refractivity contribution in [3.05, 3.63) is 36.5 Å². The third-order valence-electron chi connectivity index (χ3n) is 3.41. The lowest BCUT2D eigenvalue weighted by molar-refractivity contribution is -0.122. The number of rotatable bonds is 8. The number of ether oxygens (including phenoxy) is 1. The van der Waals surface area contributed by atoms with Gasteiger partial charge in [0.25, 0.3) is 0 Å². The van der Waals surface area contributed by atoms with Crippen LogP contribution in [-0.2, 0) is 4.79 Å². The second-order valence-electron chi connectivity index (χ2n) is 5.22. The zero-order valence-corrected chi connectivity index (χ0v) is 14.1. The molecular formula is C17H24ClN3O2. The molecule has 5 nitrogen and oxygen atoms in total. The molecular weight excluding hydrogens is 314 g/mol. The van der Waals surface area contributed by atoms with E-state index >= 15 is 0 Å². The molecule has 6 heteroatoms. The van der Waals surface area contributed by atoms with Crippen molar-refractivity contribution in [2.45, 2.75) is 32.2 Å². The maximum atomic E-state index is 11.7. The van der Waals surface area contributed by atoms with Crippen LogP contribution >= 0.6 is 12.4 Å². The molecule has 1 amide bonds. The highest BCUT2D eigenvalue weighted by Gasteiger charge is 2.10. The van der Waals surface area contributed by atoms with E-state index in [0.717, 1.165) is 29.5 Å². The Morgan fingerprint density at radius 2 is 2.13 bits per heavy atom. The SMILES string of the molecule is CCCC(N)C(=O)NCCCOc1cccc2cccnc12.Cl. The minimum Gasteiger partial charge on any atom is -0.491 e. The molecule has 0 spiro atoms. The standard InChI is InChI=1S/C17H23N3O2.ClH/c1-2-6-14(18)17(21)20-11-5-12-22-15-9-3-7-13-8-4-10-19-16(13)15;/h3-4,7-10,14H,2,5-6,11-12,18H2,1H3,(H,20,21);1H. The second kappa shape index (κ2) is 10.0. The van der Waals surface area contributed by atoms with Crippen LogP contribution in [-0.4, -0.2) is 30.1 Å². The molecule has 1 aromatic carbocycles. The van der Waals surface area contributed by atoms with E-state index in [9.17, 15) is 4.79 Å². The maximum Gasteiger partial charge on any atom is 0.236 e. The Morgan fingerprint density at radius 3 is 2.91 bits per heavy atom. The number of amides is 1. The Bertz CT molecular complexity index is 616. The third kappa shape index (κ3) is 5.69. The summed E-state index contributed by atoms with van der Waals surface area (Å²) >= 11 is 0. The van der Waals surface area contributed by atoms with Gasteiger partial charge in [0.2, 0.25) is 5.91 Å². The lowest BCUT2D eigenvalue weighted by atomic mass is 10.2. The average molecular weight is 338 g/mol. The highest BCUT2D eigenvalue weighted by molar-refractivity contribution is 5.85. The predicted molar refractivity (Wildman–Crippen MR) is 95.0 cm³/mol. The zero-order chi connectivity index (χ0) is 15.8. The van der Waals surface area contributed by atoms with Crippen molar-refractivity contribution >= 4 is 29.2 Å². The zero-order valence-electron chi connectivity index (χ0n) is 13.3. The van der Waals surface area contributed by atoms with Crippen molar-refractivity contribution in [3.8, 4) is 5.75 Å². The number of halogens is 1. The molecule has 0 radical (unpaired) electrons. The van der Waals surface area contributed by atoms with Crippen molar-refractivity contribution in [2.75, 3.05) is 13.2 Å². The second-order valence-corrected chi connectivity index (χ2v) is 5.22. The first-order valence-corrected chi connectivity index (χ1v) is 7.72. The molecule has 0 aliphatic heterocycles. The van der Waals surface area contributed by atoms with Crippen LogP contribution in [0.15, 0.2) is 36.5 Å². The van der Waals surface area contributed by atoms with E-state index in [2.05, 4.69) is 10.3 Å². The van der Waals surface area contributed by atoms with E-state index in [-0.39, 0.29) is 18.3 Å². The van der Waals surface area contributed by atoms with Crippen molar-refractivity contribution in [2.24, 2.45) is 5.73 Å². The normalized spacial score (nSPS) is 11.6. The maximum absolute atomic E-state index is 11.7. The molecule has 1 aromatic heterocycles. The average Bonchev–Trinajstić information content (AvgIpc) is 2.54. The Balaban J connectivity index is 0.00000264. The molecule has 0 aliphatic carbocycles. The van der Waals surface area contributed by atoms with Crippen LogP contribution < -0.4 is 15.8 Å². The number of nitrogens with zero attached hydrogens (tertiary/aromatic N) is 1. The summed E-state index contributed by atoms with van der Waals surface area (Å²) in [5.74, 6) is 0.681. The number of carbonyl (C=O) groups is 1. The van der Waals surface area contributed by atoms with Crippen molar-refractivity contribution in [3.63, 3.8) is 0 Å². The van der Waals surface area contributed by atoms with Crippen LogP contribution in [0.2, 0.25) is 0 Å². The highest BCUT2D eigenvalue weighted by Crippen LogP contribution is 2.22. The van der Waals surface area contributed by atoms with Crippen LogP contribution in [0.3, 0.4) is 0 Å². The molecule has 2 aromatic rings. The number of hydrogen-bond donors (Lipinski definition) is 2. The van der Waals surface area contributed by atoms with Gasteiger partial charge in [-0.05, 0) is 25.0 Å². The van der Waals surface area contributed by atoms with Crippen LogP contribution in [0, 0.1) is 0 Å². The van der Waals surface area contributed by atoms with E-state index in [4.69, 9.17) is 10.5 Å². The fraction of sp³-hybridized carbons (Fsp3) is 0.412. The van der Waals surface area contributed by atoms with Gasteiger partial charge < -0.3 is 15.8 Å². The summed E-state index contributed by atoms with van der Waals surface area (Å²) < 4.78 is 5.76. The first-order valence-electron chi connectivity index (χ1n) is 7.72. The van der Waals surface area contributed by atoms with E-state index in [0.29, 0.717) is 19.6 Å². The molecule has 0 bridgehead atoms. The Hall–Kier alpha value is -1.85. The van der Waals surface area contributed by atoms with Gasteiger partial charge in [-0.2, -0.15) is 0 Å². The summed E-state index contributed by atoms with van der Waals surface area (Å²) in [6.07, 6.45) is 4.11. The summed E-state index contributed by atoms with van der Waals surface area (Å²) in [6.45, 7) is 3.10. The molecule has 1 unspecified atom stereocenters. The minimum absolute atomic E-state index is 0. The number of carbonyl (C=O) groups excluding carboxylic acids is 1. The number of nitrogens with one attached hydrogen (secondary N) is 1. The lowest BCUT2D eigenvalue weighted by Crippen LogP contribution is -2.41. The molecule has 1 heterocycles. The van der Waals surface area contributed by atoms with Gasteiger partial charge in [0, 0.05) is 18.1 Å². The predicted octanol–water partition coefficient (Wildman–Crippen LogP) is 2.67. The molecule has 0 saturated heterocycles. The van der Waals surface area contributed by atoms with E-state index < -0.39 is 6.04 Å². The smallest absolute Gasteiger partial charge is 0.236 e. The summed E-state index contributed by atoms with van der Waals surface area (Å²) in [4.78, 5) is 16.0. The quantitative estimate of drug-likeness (QED) is 0.726. The molecule has 1 atom stereocenters. The number of pyridine rings is 1. The molecule has 0 saturated carbocycles. The fourth-order valence-electron chi connectivity index (χ4n) is 2.23. The van der Waals surface area contributed by atoms with Crippen molar-refractivity contribution in [1.29, 1.82) is 0 Å². The van der Waals surface area contributed by atoms with Crippen LogP contribution in [0.5, 0.6) is 5.75 Å². The topological polar surface area (TPSA) is 77.2 Å². The fourth-order valence-corrected chi connectivity index (χ4v) is 2.23. The van der Waals surface area contributed by atoms with Gasteiger partial charge in [0.15, 0.2) is 0 Å². The largest absolute Gasteiger partial charge is 0.491 e. The van der Waals surface area contributed by atoms with Gasteiger partial charge in [-0.1, -0.05) is 31.5 Å². The molecule has 2 rings (SSSR count). The Labute approximate surface area is 143 Å². The summed E-state index contributed by atoms with van der Waals surface area (Å²) in [6, 6.07) is 9.36. The molecule has 0 fully saturated rings. The summed E-state index contributed by atoms with van der Waals surface area (Å²) in [5, 5.41) is 3.89. The first-order chi connectivity index (χ1) is 10.7. The monoisotopic (exact) mass is 337 g/mol. The van der Waals surface area contributed by atoms with Crippen LogP contribution in [0.1, 0.15) is 26.2 Å². The number of aromatic nitrogens is 1. The van der Waals surface area contributed by atoms with Gasteiger partial charge in [-0.15, -0.1) is 12.4 Å². The number of hydrogen-bond acceptors (Lipinski definition) is 4. The van der Waals surface area contributed by atoms with Crippen LogP contribution in [0.4, 0.5) is 0 Å². The van der Waals surface area contributed by atoms with Crippen molar-refractivity contribution < 1.29 is 9.53 Å². The highest BCUT2D eigenvalue weighted by atomic mass is 35.5. The minimum atomic E-state index is -0.409. The third-order valence-corrected chi connectivity index (χ3v) is 3.41. The number of fused-ring (bicyclic) bond motifs is 1. The van der Waals surface area contributed by atoms with Gasteiger partial charge in [0.1, 0.15) is 11.3 Å². The summed E-state index contributed by atoms with van der Waals surface area (Å²) in [5.41, 5.74) is 6.60. The lowest BCUT2D eigenvalue weighted by Gasteiger charge is -2.12. The van der Waals surface area contributed by atoms with Gasteiger partial charge in [0.05, 0.1) is 12.6 Å². The van der Waals surface area contributed by atoms with E-state index in [1.165, 1.54) is 0 Å². The molecule has 23 heavy (non-hydrogen) atoms. The van der Waals surface area contributed by atoms with Gasteiger partial charge >= 0.3 is 0 Å². The first kappa shape index (κ1) is 19.2. The molecule has 3 N–H and O–H groups in total. The number of para-hydroxylation sites is 1.